The largest absolute Gasteiger partial charge is 0.485 e. The SMILES string of the molecule is Cc1nn(C2CCC2)c2c1OC[C@@H]1OCC[C@H]1Nc1nc(ncc1C(F)(F)F)N2. The molecule has 0 unspecified atom stereocenters. The van der Waals surface area contributed by atoms with Gasteiger partial charge in [-0.15, -0.1) is 0 Å². The molecule has 2 aromatic rings. The first-order valence-corrected chi connectivity index (χ1v) is 9.71. The van der Waals surface area contributed by atoms with Gasteiger partial charge in [-0.1, -0.05) is 0 Å². The fourth-order valence-electron chi connectivity index (χ4n) is 3.90. The topological polar surface area (TPSA) is 86.1 Å². The molecule has 156 valence electrons. The summed E-state index contributed by atoms with van der Waals surface area (Å²) in [6.07, 6.45) is -0.507. The average Bonchev–Trinajstić information content (AvgIpc) is 3.15. The van der Waals surface area contributed by atoms with Crippen molar-refractivity contribution in [2.45, 2.75) is 57.0 Å². The number of aromatic nitrogens is 4. The summed E-state index contributed by atoms with van der Waals surface area (Å²) in [6.45, 7) is 2.49. The van der Waals surface area contributed by atoms with Crippen LogP contribution in [0.15, 0.2) is 6.20 Å². The van der Waals surface area contributed by atoms with E-state index < -0.39 is 17.8 Å². The van der Waals surface area contributed by atoms with Crippen molar-refractivity contribution in [2.75, 3.05) is 23.8 Å². The molecule has 2 fully saturated rings. The summed E-state index contributed by atoms with van der Waals surface area (Å²) >= 11 is 0. The van der Waals surface area contributed by atoms with Crippen LogP contribution in [0, 0.1) is 6.92 Å². The van der Waals surface area contributed by atoms with Crippen LogP contribution in [0.2, 0.25) is 0 Å². The van der Waals surface area contributed by atoms with Gasteiger partial charge in [0.25, 0.3) is 0 Å². The molecule has 2 aliphatic heterocycles. The highest BCUT2D eigenvalue weighted by atomic mass is 19.4. The van der Waals surface area contributed by atoms with E-state index in [4.69, 9.17) is 9.47 Å². The fraction of sp³-hybridized carbons (Fsp3) is 0.611. The van der Waals surface area contributed by atoms with Crippen molar-refractivity contribution in [3.63, 3.8) is 0 Å². The van der Waals surface area contributed by atoms with Crippen molar-refractivity contribution in [1.29, 1.82) is 0 Å². The lowest BCUT2D eigenvalue weighted by atomic mass is 9.93. The maximum Gasteiger partial charge on any atom is 0.421 e. The molecule has 1 aliphatic carbocycles. The summed E-state index contributed by atoms with van der Waals surface area (Å²) in [5.74, 6) is 0.918. The van der Waals surface area contributed by atoms with Crippen LogP contribution < -0.4 is 15.4 Å². The van der Waals surface area contributed by atoms with Crippen LogP contribution in [0.4, 0.5) is 30.8 Å². The van der Waals surface area contributed by atoms with E-state index in [2.05, 4.69) is 25.7 Å². The van der Waals surface area contributed by atoms with Crippen LogP contribution >= 0.6 is 0 Å². The zero-order valence-electron chi connectivity index (χ0n) is 15.8. The Morgan fingerprint density at radius 1 is 1.24 bits per heavy atom. The number of nitrogens with one attached hydrogen (secondary N) is 2. The number of rotatable bonds is 1. The lowest BCUT2D eigenvalue weighted by molar-refractivity contribution is -0.137. The summed E-state index contributed by atoms with van der Waals surface area (Å²) in [7, 11) is 0. The lowest BCUT2D eigenvalue weighted by Crippen LogP contribution is -2.35. The van der Waals surface area contributed by atoms with Gasteiger partial charge < -0.3 is 20.1 Å². The maximum absolute atomic E-state index is 13.5. The molecule has 2 aromatic heterocycles. The Morgan fingerprint density at radius 2 is 2.07 bits per heavy atom. The summed E-state index contributed by atoms with van der Waals surface area (Å²) in [5.41, 5.74) is -0.203. The van der Waals surface area contributed by atoms with Gasteiger partial charge in [0.1, 0.15) is 29.8 Å². The molecule has 1 saturated heterocycles. The minimum atomic E-state index is -4.57. The van der Waals surface area contributed by atoms with E-state index >= 15 is 0 Å². The number of alkyl halides is 3. The molecule has 0 radical (unpaired) electrons. The smallest absolute Gasteiger partial charge is 0.421 e. The van der Waals surface area contributed by atoms with Crippen LogP contribution in [-0.2, 0) is 10.9 Å². The lowest BCUT2D eigenvalue weighted by Gasteiger charge is -2.27. The molecule has 0 aromatic carbocycles. The summed E-state index contributed by atoms with van der Waals surface area (Å²) in [6, 6.07) is -0.122. The second kappa shape index (κ2) is 6.75. The van der Waals surface area contributed by atoms with Crippen molar-refractivity contribution in [1.82, 2.24) is 19.7 Å². The highest BCUT2D eigenvalue weighted by molar-refractivity contribution is 5.62. The third kappa shape index (κ3) is 3.26. The quantitative estimate of drug-likeness (QED) is 0.745. The monoisotopic (exact) mass is 410 g/mol. The Labute approximate surface area is 164 Å². The van der Waals surface area contributed by atoms with E-state index in [-0.39, 0.29) is 30.5 Å². The molecule has 8 nitrogen and oxygen atoms in total. The minimum Gasteiger partial charge on any atom is -0.485 e. The molecular formula is C18H21F3N6O2. The maximum atomic E-state index is 13.5. The minimum absolute atomic E-state index is 0.0585. The summed E-state index contributed by atoms with van der Waals surface area (Å²) in [4.78, 5) is 8.06. The standard InChI is InChI=1S/C18H21F3N6O2/c1-9-14-16(27(26-9)10-3-2-4-10)25-17-22-7-11(18(19,20)21)15(24-17)23-12-5-6-28-13(12)8-29-14/h7,10,12-13H,2-6,8H2,1H3,(H2,22,23,24,25)/t12-,13+/m1/s1. The number of hydrogen-bond acceptors (Lipinski definition) is 7. The van der Waals surface area contributed by atoms with Gasteiger partial charge >= 0.3 is 6.18 Å². The van der Waals surface area contributed by atoms with Crippen LogP contribution in [-0.4, -0.2) is 45.1 Å². The van der Waals surface area contributed by atoms with Gasteiger partial charge in [0.15, 0.2) is 11.6 Å². The third-order valence-corrected chi connectivity index (χ3v) is 5.70. The molecule has 11 heteroatoms. The van der Waals surface area contributed by atoms with Crippen molar-refractivity contribution >= 4 is 17.6 Å². The highest BCUT2D eigenvalue weighted by Crippen LogP contribution is 2.41. The molecule has 3 aliphatic rings. The Balaban J connectivity index is 1.61. The number of aryl methyl sites for hydroxylation is 1. The molecular weight excluding hydrogens is 389 g/mol. The number of fused-ring (bicyclic) bond motifs is 4. The number of hydrogen-bond donors (Lipinski definition) is 2. The van der Waals surface area contributed by atoms with Crippen LogP contribution in [0.25, 0.3) is 0 Å². The van der Waals surface area contributed by atoms with E-state index in [0.29, 0.717) is 30.3 Å². The van der Waals surface area contributed by atoms with E-state index in [9.17, 15) is 13.2 Å². The number of halogens is 3. The molecule has 4 heterocycles. The predicted molar refractivity (Wildman–Crippen MR) is 97.4 cm³/mol. The van der Waals surface area contributed by atoms with E-state index in [1.807, 2.05) is 11.6 Å². The molecule has 2 bridgehead atoms. The number of ether oxygens (including phenoxy) is 2. The first-order valence-electron chi connectivity index (χ1n) is 9.71. The average molecular weight is 410 g/mol. The zero-order chi connectivity index (χ0) is 20.2. The number of anilines is 3. The summed E-state index contributed by atoms with van der Waals surface area (Å²) in [5, 5.41) is 10.6. The molecule has 1 saturated carbocycles. The second-order valence-corrected chi connectivity index (χ2v) is 7.63. The van der Waals surface area contributed by atoms with Gasteiger partial charge in [-0.2, -0.15) is 23.3 Å². The molecule has 0 spiro atoms. The second-order valence-electron chi connectivity index (χ2n) is 7.63. The van der Waals surface area contributed by atoms with Crippen molar-refractivity contribution in [2.24, 2.45) is 0 Å². The normalized spacial score (nSPS) is 24.3. The van der Waals surface area contributed by atoms with Crippen LogP contribution in [0.3, 0.4) is 0 Å². The first-order chi connectivity index (χ1) is 13.9. The van der Waals surface area contributed by atoms with Crippen molar-refractivity contribution in [3.8, 4) is 5.75 Å². The van der Waals surface area contributed by atoms with E-state index in [1.54, 1.807) is 0 Å². The Hall–Kier alpha value is -2.56. The number of nitrogens with zero attached hydrogens (tertiary/aromatic N) is 4. The van der Waals surface area contributed by atoms with Gasteiger partial charge in [-0.05, 0) is 32.6 Å². The summed E-state index contributed by atoms with van der Waals surface area (Å²) < 4.78 is 54.1. The molecule has 2 atom stereocenters. The van der Waals surface area contributed by atoms with E-state index in [1.165, 1.54) is 0 Å². The molecule has 2 N–H and O–H groups in total. The Morgan fingerprint density at radius 3 is 2.79 bits per heavy atom. The van der Waals surface area contributed by atoms with Crippen molar-refractivity contribution in [3.05, 3.63) is 17.5 Å². The van der Waals surface area contributed by atoms with Gasteiger partial charge in [0.2, 0.25) is 5.95 Å². The molecule has 29 heavy (non-hydrogen) atoms. The van der Waals surface area contributed by atoms with Crippen LogP contribution in [0.5, 0.6) is 5.75 Å². The first kappa shape index (κ1) is 18.5. The highest BCUT2D eigenvalue weighted by Gasteiger charge is 2.38. The fourth-order valence-corrected chi connectivity index (χ4v) is 3.90. The third-order valence-electron chi connectivity index (χ3n) is 5.70. The van der Waals surface area contributed by atoms with Crippen molar-refractivity contribution < 1.29 is 22.6 Å². The van der Waals surface area contributed by atoms with Gasteiger partial charge in [-0.3, -0.25) is 0 Å². The zero-order valence-corrected chi connectivity index (χ0v) is 15.8. The van der Waals surface area contributed by atoms with Gasteiger partial charge in [0.05, 0.1) is 12.1 Å². The molecule has 0 amide bonds. The Bertz CT molecular complexity index is 927. The van der Waals surface area contributed by atoms with Crippen LogP contribution in [0.1, 0.15) is 43.0 Å². The predicted octanol–water partition coefficient (Wildman–Crippen LogP) is 3.43. The molecule has 5 rings (SSSR count). The van der Waals surface area contributed by atoms with Gasteiger partial charge in [-0.25, -0.2) is 9.67 Å². The van der Waals surface area contributed by atoms with E-state index in [0.717, 1.165) is 25.5 Å². The Kier molecular flexibility index (Phi) is 4.30. The van der Waals surface area contributed by atoms with Gasteiger partial charge in [0, 0.05) is 12.8 Å².